The summed E-state index contributed by atoms with van der Waals surface area (Å²) in [6, 6.07) is 2.07. The number of aromatic nitrogens is 2. The number of amides is 1. The highest BCUT2D eigenvalue weighted by Crippen LogP contribution is 2.34. The quantitative estimate of drug-likeness (QED) is 0.857. The molecule has 2 heterocycles. The lowest BCUT2D eigenvalue weighted by atomic mass is 9.83. The van der Waals surface area contributed by atoms with Gasteiger partial charge in [-0.25, -0.2) is 0 Å². The Morgan fingerprint density at radius 2 is 2.05 bits per heavy atom. The second-order valence-electron chi connectivity index (χ2n) is 5.81. The Hall–Kier alpha value is -1.52. The van der Waals surface area contributed by atoms with E-state index in [1.54, 1.807) is 6.07 Å². The van der Waals surface area contributed by atoms with Gasteiger partial charge in [0.25, 0.3) is 5.91 Å². The van der Waals surface area contributed by atoms with Gasteiger partial charge in [-0.2, -0.15) is 5.10 Å². The van der Waals surface area contributed by atoms with Gasteiger partial charge in [0.05, 0.1) is 0 Å². The first-order valence-corrected chi connectivity index (χ1v) is 7.37. The lowest BCUT2D eigenvalue weighted by molar-refractivity contribution is 0.0655. The maximum absolute atomic E-state index is 12.5. The fourth-order valence-electron chi connectivity index (χ4n) is 3.66. The fraction of sp³-hybridized carbons (Fsp3) is 0.714. The van der Waals surface area contributed by atoms with Gasteiger partial charge in [0.1, 0.15) is 11.5 Å². The number of nitrogens with zero attached hydrogens (tertiary/aromatic N) is 2. The van der Waals surface area contributed by atoms with Gasteiger partial charge in [0, 0.05) is 18.7 Å². The van der Waals surface area contributed by atoms with E-state index in [2.05, 4.69) is 10.2 Å². The Balaban J connectivity index is 1.73. The van der Waals surface area contributed by atoms with Crippen molar-refractivity contribution in [3.63, 3.8) is 0 Å². The van der Waals surface area contributed by atoms with Crippen LogP contribution in [0.5, 0.6) is 0 Å². The minimum absolute atomic E-state index is 0.0669. The maximum Gasteiger partial charge on any atom is 0.272 e. The predicted octanol–water partition coefficient (Wildman–Crippen LogP) is 2.18. The molecule has 5 heteroatoms. The van der Waals surface area contributed by atoms with Crippen LogP contribution in [-0.2, 0) is 0 Å². The van der Waals surface area contributed by atoms with Gasteiger partial charge in [-0.05, 0) is 31.6 Å². The van der Waals surface area contributed by atoms with Gasteiger partial charge in [0.2, 0.25) is 0 Å². The maximum atomic E-state index is 12.5. The number of aromatic amines is 1. The molecule has 1 saturated carbocycles. The lowest BCUT2D eigenvalue weighted by Gasteiger charge is -2.33. The minimum Gasteiger partial charge on any atom is -0.382 e. The van der Waals surface area contributed by atoms with Crippen molar-refractivity contribution >= 4 is 11.7 Å². The van der Waals surface area contributed by atoms with Crippen molar-refractivity contribution in [2.24, 2.45) is 5.92 Å². The highest BCUT2D eigenvalue weighted by Gasteiger charge is 2.35. The first-order chi connectivity index (χ1) is 9.25. The number of hydrogen-bond acceptors (Lipinski definition) is 3. The van der Waals surface area contributed by atoms with Crippen LogP contribution in [-0.4, -0.2) is 33.6 Å². The average molecular weight is 262 g/mol. The number of nitrogen functional groups attached to an aromatic ring is 1. The van der Waals surface area contributed by atoms with E-state index in [-0.39, 0.29) is 5.91 Å². The van der Waals surface area contributed by atoms with Gasteiger partial charge in [-0.3, -0.25) is 9.89 Å². The summed E-state index contributed by atoms with van der Waals surface area (Å²) in [5.41, 5.74) is 6.11. The molecule has 1 amide bonds. The molecule has 0 aromatic carbocycles. The Kier molecular flexibility index (Phi) is 3.44. The third-order valence-corrected chi connectivity index (χ3v) is 4.58. The van der Waals surface area contributed by atoms with Gasteiger partial charge in [-0.1, -0.05) is 19.3 Å². The summed E-state index contributed by atoms with van der Waals surface area (Å²) in [4.78, 5) is 14.6. The highest BCUT2D eigenvalue weighted by molar-refractivity contribution is 5.93. The topological polar surface area (TPSA) is 75.0 Å². The summed E-state index contributed by atoms with van der Waals surface area (Å²) in [6.07, 6.45) is 8.82. The number of hydrogen-bond donors (Lipinski definition) is 2. The summed E-state index contributed by atoms with van der Waals surface area (Å²) in [7, 11) is 0. The van der Waals surface area contributed by atoms with Crippen LogP contribution in [0.15, 0.2) is 6.07 Å². The third kappa shape index (κ3) is 2.46. The molecule has 1 aromatic rings. The number of rotatable bonds is 2. The van der Waals surface area contributed by atoms with Crippen LogP contribution in [0.2, 0.25) is 0 Å². The first kappa shape index (κ1) is 12.5. The molecule has 1 aliphatic heterocycles. The predicted molar refractivity (Wildman–Crippen MR) is 73.6 cm³/mol. The molecule has 1 unspecified atom stereocenters. The second-order valence-corrected chi connectivity index (χ2v) is 5.81. The molecular weight excluding hydrogens is 240 g/mol. The summed E-state index contributed by atoms with van der Waals surface area (Å²) in [5, 5.41) is 6.59. The summed E-state index contributed by atoms with van der Waals surface area (Å²) in [5.74, 6) is 1.15. The van der Waals surface area contributed by atoms with Gasteiger partial charge < -0.3 is 10.6 Å². The molecule has 2 aliphatic rings. The zero-order chi connectivity index (χ0) is 13.2. The number of nitrogens with one attached hydrogen (secondary N) is 1. The standard InChI is InChI=1S/C14H22N4O/c15-13-9-11(16-17-13)14(19)18-8-4-7-12(18)10-5-2-1-3-6-10/h9-10,12H,1-8H2,(H3,15,16,17). The summed E-state index contributed by atoms with van der Waals surface area (Å²) in [6.45, 7) is 0.874. The number of carbonyl (C=O) groups excluding carboxylic acids is 1. The van der Waals surface area contributed by atoms with E-state index in [1.807, 2.05) is 4.90 Å². The summed E-state index contributed by atoms with van der Waals surface area (Å²) < 4.78 is 0. The van der Waals surface area contributed by atoms with Gasteiger partial charge in [0.15, 0.2) is 0 Å². The van der Waals surface area contributed by atoms with Gasteiger partial charge in [-0.15, -0.1) is 0 Å². The van der Waals surface area contributed by atoms with E-state index >= 15 is 0 Å². The molecule has 1 saturated heterocycles. The number of nitrogens with two attached hydrogens (primary N) is 1. The summed E-state index contributed by atoms with van der Waals surface area (Å²) >= 11 is 0. The Bertz CT molecular complexity index is 450. The molecule has 5 nitrogen and oxygen atoms in total. The van der Waals surface area contributed by atoms with E-state index in [0.29, 0.717) is 23.5 Å². The van der Waals surface area contributed by atoms with Crippen molar-refractivity contribution in [1.29, 1.82) is 0 Å². The van der Waals surface area contributed by atoms with Crippen molar-refractivity contribution < 1.29 is 4.79 Å². The molecule has 1 aliphatic carbocycles. The van der Waals surface area contributed by atoms with E-state index in [1.165, 1.54) is 32.1 Å². The van der Waals surface area contributed by atoms with Crippen LogP contribution in [0, 0.1) is 5.92 Å². The van der Waals surface area contributed by atoms with Crippen LogP contribution in [0.25, 0.3) is 0 Å². The molecule has 1 aromatic heterocycles. The van der Waals surface area contributed by atoms with E-state index in [0.717, 1.165) is 19.4 Å². The van der Waals surface area contributed by atoms with Crippen molar-refractivity contribution in [3.05, 3.63) is 11.8 Å². The van der Waals surface area contributed by atoms with Crippen LogP contribution in [0.3, 0.4) is 0 Å². The minimum atomic E-state index is 0.0669. The van der Waals surface area contributed by atoms with Crippen LogP contribution in [0.1, 0.15) is 55.4 Å². The number of anilines is 1. The number of H-pyrrole nitrogens is 1. The van der Waals surface area contributed by atoms with Crippen LogP contribution in [0.4, 0.5) is 5.82 Å². The van der Waals surface area contributed by atoms with E-state index in [4.69, 9.17) is 5.73 Å². The zero-order valence-electron chi connectivity index (χ0n) is 11.3. The van der Waals surface area contributed by atoms with Crippen LogP contribution < -0.4 is 5.73 Å². The lowest BCUT2D eigenvalue weighted by Crippen LogP contribution is -2.40. The Labute approximate surface area is 113 Å². The largest absolute Gasteiger partial charge is 0.382 e. The third-order valence-electron chi connectivity index (χ3n) is 4.58. The molecule has 0 bridgehead atoms. The normalized spacial score (nSPS) is 24.8. The molecule has 19 heavy (non-hydrogen) atoms. The molecule has 3 rings (SSSR count). The first-order valence-electron chi connectivity index (χ1n) is 7.37. The van der Waals surface area contributed by atoms with Crippen LogP contribution >= 0.6 is 0 Å². The molecule has 2 fully saturated rings. The molecule has 104 valence electrons. The highest BCUT2D eigenvalue weighted by atomic mass is 16.2. The van der Waals surface area contributed by atoms with E-state index < -0.39 is 0 Å². The Morgan fingerprint density at radius 1 is 1.26 bits per heavy atom. The van der Waals surface area contributed by atoms with E-state index in [9.17, 15) is 4.79 Å². The molecule has 0 radical (unpaired) electrons. The zero-order valence-corrected chi connectivity index (χ0v) is 11.3. The molecule has 0 spiro atoms. The Morgan fingerprint density at radius 3 is 2.74 bits per heavy atom. The monoisotopic (exact) mass is 262 g/mol. The fourth-order valence-corrected chi connectivity index (χ4v) is 3.66. The molecular formula is C14H22N4O. The molecule has 1 atom stereocenters. The van der Waals surface area contributed by atoms with Crippen molar-refractivity contribution in [1.82, 2.24) is 15.1 Å². The average Bonchev–Trinajstić information content (AvgIpc) is 3.07. The SMILES string of the molecule is Nc1cc(C(=O)N2CCCC2C2CCCCC2)[nH]n1. The number of likely N-dealkylation sites (tertiary alicyclic amines) is 1. The number of carbonyl (C=O) groups is 1. The smallest absolute Gasteiger partial charge is 0.272 e. The molecule has 3 N–H and O–H groups in total. The second kappa shape index (κ2) is 5.23. The van der Waals surface area contributed by atoms with Crippen molar-refractivity contribution in [2.45, 2.75) is 51.0 Å². The van der Waals surface area contributed by atoms with Gasteiger partial charge >= 0.3 is 0 Å². The van der Waals surface area contributed by atoms with Crippen molar-refractivity contribution in [2.75, 3.05) is 12.3 Å². The van der Waals surface area contributed by atoms with Crippen molar-refractivity contribution in [3.8, 4) is 0 Å².